The Kier molecular flexibility index (Phi) is 3.52. The highest BCUT2D eigenvalue weighted by Crippen LogP contribution is 2.38. The molecule has 1 aromatic rings. The number of hydrogen-bond donors (Lipinski definition) is 1. The van der Waals surface area contributed by atoms with E-state index in [0.29, 0.717) is 11.5 Å². The molecule has 0 radical (unpaired) electrons. The van der Waals surface area contributed by atoms with Crippen LogP contribution in [0.4, 0.5) is 0 Å². The van der Waals surface area contributed by atoms with Gasteiger partial charge in [-0.1, -0.05) is 0 Å². The van der Waals surface area contributed by atoms with E-state index in [0.717, 1.165) is 6.26 Å². The van der Waals surface area contributed by atoms with Crippen molar-refractivity contribution in [1.29, 1.82) is 0 Å². The number of aromatic carboxylic acids is 1. The largest absolute Gasteiger partial charge is 0.491 e. The summed E-state index contributed by atoms with van der Waals surface area (Å²) in [5.74, 6) is -0.624. The Labute approximate surface area is 109 Å². The normalized spacial score (nSPS) is 13.3. The van der Waals surface area contributed by atoms with Gasteiger partial charge in [-0.3, -0.25) is 0 Å². The van der Waals surface area contributed by atoms with Gasteiger partial charge >= 0.3 is 5.97 Å². The molecule has 104 valence electrons. The Morgan fingerprint density at radius 3 is 2.58 bits per heavy atom. The van der Waals surface area contributed by atoms with E-state index in [1.54, 1.807) is 0 Å². The zero-order valence-corrected chi connectivity index (χ0v) is 10.9. The first-order valence-electron chi connectivity index (χ1n) is 5.34. The highest BCUT2D eigenvalue weighted by Gasteiger charge is 2.21. The monoisotopic (exact) mass is 288 g/mol. The summed E-state index contributed by atoms with van der Waals surface area (Å²) in [6, 6.07) is 2.68. The van der Waals surface area contributed by atoms with Crippen molar-refractivity contribution in [2.75, 3.05) is 25.4 Å². The van der Waals surface area contributed by atoms with Crippen LogP contribution in [-0.4, -0.2) is 44.9 Å². The molecule has 0 unspecified atom stereocenters. The zero-order chi connectivity index (χ0) is 14.0. The number of sulfone groups is 1. The van der Waals surface area contributed by atoms with E-state index in [-0.39, 0.29) is 30.5 Å². The standard InChI is InChI=1S/C11H12O7S/c1-19(14,15)3-2-16-8-5-10-9(17-6-18-10)4-7(8)11(12)13/h4-5H,2-3,6H2,1H3,(H,12,13). The molecular weight excluding hydrogens is 276 g/mol. The fourth-order valence-corrected chi connectivity index (χ4v) is 1.90. The van der Waals surface area contributed by atoms with Crippen LogP contribution < -0.4 is 14.2 Å². The fourth-order valence-electron chi connectivity index (χ4n) is 1.51. The van der Waals surface area contributed by atoms with E-state index in [4.69, 9.17) is 19.3 Å². The molecule has 8 heteroatoms. The van der Waals surface area contributed by atoms with Gasteiger partial charge in [0.2, 0.25) is 6.79 Å². The summed E-state index contributed by atoms with van der Waals surface area (Å²) in [5, 5.41) is 9.06. The van der Waals surface area contributed by atoms with Gasteiger partial charge in [0.25, 0.3) is 0 Å². The summed E-state index contributed by atoms with van der Waals surface area (Å²) >= 11 is 0. The summed E-state index contributed by atoms with van der Waals surface area (Å²) in [4.78, 5) is 11.1. The molecule has 0 spiro atoms. The third-order valence-electron chi connectivity index (χ3n) is 2.42. The fraction of sp³-hybridized carbons (Fsp3) is 0.364. The molecule has 1 heterocycles. The molecule has 0 amide bonds. The molecule has 0 fully saturated rings. The maximum absolute atomic E-state index is 11.1. The molecule has 0 bridgehead atoms. The zero-order valence-electron chi connectivity index (χ0n) is 10.1. The molecule has 0 saturated carbocycles. The van der Waals surface area contributed by atoms with E-state index in [1.807, 2.05) is 0 Å². The van der Waals surface area contributed by atoms with Crippen LogP contribution in [0.1, 0.15) is 10.4 Å². The van der Waals surface area contributed by atoms with Gasteiger partial charge in [0.15, 0.2) is 21.3 Å². The number of benzene rings is 1. The van der Waals surface area contributed by atoms with Crippen LogP contribution in [0.2, 0.25) is 0 Å². The summed E-state index contributed by atoms with van der Waals surface area (Å²) in [5.41, 5.74) is -0.0993. The third kappa shape index (κ3) is 3.28. The Balaban J connectivity index is 2.21. The Bertz CT molecular complexity index is 606. The molecule has 7 nitrogen and oxygen atoms in total. The number of hydrogen-bond acceptors (Lipinski definition) is 6. The summed E-state index contributed by atoms with van der Waals surface area (Å²) in [6.45, 7) is -0.111. The molecule has 1 aliphatic rings. The highest BCUT2D eigenvalue weighted by atomic mass is 32.2. The predicted octanol–water partition coefficient (Wildman–Crippen LogP) is 0.537. The molecule has 2 rings (SSSR count). The minimum atomic E-state index is -3.17. The first kappa shape index (κ1) is 13.5. The molecule has 1 N–H and O–H groups in total. The number of carboxylic acids is 1. The van der Waals surface area contributed by atoms with Crippen LogP contribution in [0.5, 0.6) is 17.2 Å². The average molecular weight is 288 g/mol. The van der Waals surface area contributed by atoms with Gasteiger partial charge in [0, 0.05) is 18.4 Å². The van der Waals surface area contributed by atoms with Crippen molar-refractivity contribution in [3.05, 3.63) is 17.7 Å². The lowest BCUT2D eigenvalue weighted by Gasteiger charge is -2.09. The van der Waals surface area contributed by atoms with E-state index in [9.17, 15) is 13.2 Å². The molecule has 0 atom stereocenters. The van der Waals surface area contributed by atoms with E-state index >= 15 is 0 Å². The number of ether oxygens (including phenoxy) is 3. The molecule has 19 heavy (non-hydrogen) atoms. The lowest BCUT2D eigenvalue weighted by Crippen LogP contribution is -2.13. The molecular formula is C11H12O7S. The maximum atomic E-state index is 11.1. The second-order valence-electron chi connectivity index (χ2n) is 3.99. The smallest absolute Gasteiger partial charge is 0.339 e. The van der Waals surface area contributed by atoms with Gasteiger partial charge in [-0.2, -0.15) is 0 Å². The lowest BCUT2D eigenvalue weighted by molar-refractivity contribution is 0.0692. The number of carboxylic acid groups (broad SMARTS) is 1. The van der Waals surface area contributed by atoms with Gasteiger partial charge in [-0.25, -0.2) is 13.2 Å². The van der Waals surface area contributed by atoms with E-state index in [2.05, 4.69) is 0 Å². The molecule has 0 aromatic heterocycles. The second-order valence-corrected chi connectivity index (χ2v) is 6.24. The molecule has 0 aliphatic carbocycles. The van der Waals surface area contributed by atoms with Gasteiger partial charge in [-0.05, 0) is 0 Å². The Hall–Kier alpha value is -1.96. The van der Waals surface area contributed by atoms with Gasteiger partial charge in [0.1, 0.15) is 17.9 Å². The van der Waals surface area contributed by atoms with E-state index in [1.165, 1.54) is 12.1 Å². The van der Waals surface area contributed by atoms with Crippen molar-refractivity contribution < 1.29 is 32.5 Å². The second kappa shape index (κ2) is 4.96. The predicted molar refractivity (Wildman–Crippen MR) is 64.7 cm³/mol. The van der Waals surface area contributed by atoms with Crippen LogP contribution in [0.15, 0.2) is 12.1 Å². The Morgan fingerprint density at radius 1 is 1.37 bits per heavy atom. The summed E-state index contributed by atoms with van der Waals surface area (Å²) in [6.07, 6.45) is 1.08. The van der Waals surface area contributed by atoms with Crippen LogP contribution in [0.25, 0.3) is 0 Å². The molecule has 1 aliphatic heterocycles. The van der Waals surface area contributed by atoms with Crippen molar-refractivity contribution in [3.63, 3.8) is 0 Å². The van der Waals surface area contributed by atoms with Crippen molar-refractivity contribution in [3.8, 4) is 17.2 Å². The first-order chi connectivity index (χ1) is 8.87. The quantitative estimate of drug-likeness (QED) is 0.844. The van der Waals surface area contributed by atoms with Gasteiger partial charge < -0.3 is 19.3 Å². The van der Waals surface area contributed by atoms with Crippen LogP contribution in [0.3, 0.4) is 0 Å². The molecule has 1 aromatic carbocycles. The van der Waals surface area contributed by atoms with Crippen molar-refractivity contribution in [2.24, 2.45) is 0 Å². The van der Waals surface area contributed by atoms with Crippen LogP contribution in [-0.2, 0) is 9.84 Å². The van der Waals surface area contributed by atoms with Crippen molar-refractivity contribution in [1.82, 2.24) is 0 Å². The van der Waals surface area contributed by atoms with E-state index < -0.39 is 15.8 Å². The number of fused-ring (bicyclic) bond motifs is 1. The topological polar surface area (TPSA) is 99.1 Å². The summed E-state index contributed by atoms with van der Waals surface area (Å²) < 4.78 is 37.4. The van der Waals surface area contributed by atoms with Crippen LogP contribution in [0, 0.1) is 0 Å². The summed E-state index contributed by atoms with van der Waals surface area (Å²) in [7, 11) is -3.17. The maximum Gasteiger partial charge on any atom is 0.339 e. The highest BCUT2D eigenvalue weighted by molar-refractivity contribution is 7.90. The Morgan fingerprint density at radius 2 is 2.00 bits per heavy atom. The average Bonchev–Trinajstić information content (AvgIpc) is 2.72. The minimum Gasteiger partial charge on any atom is -0.491 e. The van der Waals surface area contributed by atoms with Crippen LogP contribution >= 0.6 is 0 Å². The molecule has 0 saturated heterocycles. The van der Waals surface area contributed by atoms with Crippen molar-refractivity contribution in [2.45, 2.75) is 0 Å². The number of rotatable bonds is 5. The SMILES string of the molecule is CS(=O)(=O)CCOc1cc2c(cc1C(=O)O)OCO2. The van der Waals surface area contributed by atoms with Gasteiger partial charge in [-0.15, -0.1) is 0 Å². The van der Waals surface area contributed by atoms with Crippen molar-refractivity contribution >= 4 is 15.8 Å². The van der Waals surface area contributed by atoms with Gasteiger partial charge in [0.05, 0.1) is 5.75 Å². The number of carbonyl (C=O) groups is 1. The lowest BCUT2D eigenvalue weighted by atomic mass is 10.2. The minimum absolute atomic E-state index is 0.0151. The first-order valence-corrected chi connectivity index (χ1v) is 7.40. The third-order valence-corrected chi connectivity index (χ3v) is 3.33.